The molecule has 1 aliphatic heterocycles. The minimum atomic E-state index is -0.101. The Morgan fingerprint density at radius 2 is 1.89 bits per heavy atom. The van der Waals surface area contributed by atoms with Crippen LogP contribution >= 0.6 is 0 Å². The van der Waals surface area contributed by atoms with Crippen LogP contribution in [-0.2, 0) is 11.2 Å². The quantitative estimate of drug-likeness (QED) is 0.822. The van der Waals surface area contributed by atoms with Gasteiger partial charge in [0, 0.05) is 29.9 Å². The lowest BCUT2D eigenvalue weighted by Gasteiger charge is -2.30. The summed E-state index contributed by atoms with van der Waals surface area (Å²) in [6.45, 7) is 9.05. The number of carbonyl (C=O) groups excluding carboxylic acids is 2. The maximum Gasteiger partial charge on any atom is 0.255 e. The lowest BCUT2D eigenvalue weighted by Crippen LogP contribution is -2.36. The van der Waals surface area contributed by atoms with Gasteiger partial charge in [-0.05, 0) is 68.0 Å². The average Bonchev–Trinajstić information content (AvgIpc) is 2.60. The number of nitrogens with one attached hydrogen (secondary N) is 1. The van der Waals surface area contributed by atoms with Gasteiger partial charge < -0.3 is 10.2 Å². The average molecular weight is 364 g/mol. The van der Waals surface area contributed by atoms with Gasteiger partial charge in [-0.2, -0.15) is 0 Å². The molecule has 2 amide bonds. The topological polar surface area (TPSA) is 49.4 Å². The second-order valence-electron chi connectivity index (χ2n) is 7.84. The molecule has 0 aromatic heterocycles. The van der Waals surface area contributed by atoms with Gasteiger partial charge in [-0.15, -0.1) is 0 Å². The molecule has 142 valence electrons. The fourth-order valence-corrected chi connectivity index (χ4v) is 3.54. The van der Waals surface area contributed by atoms with E-state index in [9.17, 15) is 9.59 Å². The third-order valence-electron chi connectivity index (χ3n) is 5.09. The van der Waals surface area contributed by atoms with E-state index in [-0.39, 0.29) is 11.8 Å². The smallest absolute Gasteiger partial charge is 0.255 e. The molecular weight excluding hydrogens is 336 g/mol. The highest BCUT2D eigenvalue weighted by Crippen LogP contribution is 2.31. The molecule has 0 spiro atoms. The van der Waals surface area contributed by atoms with Crippen LogP contribution in [0.4, 0.5) is 11.4 Å². The first-order chi connectivity index (χ1) is 12.8. The minimum absolute atomic E-state index is 0.101. The van der Waals surface area contributed by atoms with Gasteiger partial charge in [-0.1, -0.05) is 31.5 Å². The summed E-state index contributed by atoms with van der Waals surface area (Å²) in [5.74, 6) is 0.644. The molecule has 1 aliphatic rings. The van der Waals surface area contributed by atoms with Crippen LogP contribution in [0, 0.1) is 19.8 Å². The SMILES string of the molecule is Cc1ccc(C(=O)Nc2ccc3c(c2)CCC(=O)N3CCC(C)C)c(C)c1. The second-order valence-corrected chi connectivity index (χ2v) is 7.84. The summed E-state index contributed by atoms with van der Waals surface area (Å²) < 4.78 is 0. The Morgan fingerprint density at radius 1 is 1.11 bits per heavy atom. The largest absolute Gasteiger partial charge is 0.322 e. The van der Waals surface area contributed by atoms with Gasteiger partial charge in [0.05, 0.1) is 0 Å². The number of fused-ring (bicyclic) bond motifs is 1. The molecule has 2 aromatic rings. The monoisotopic (exact) mass is 364 g/mol. The molecule has 27 heavy (non-hydrogen) atoms. The first-order valence-corrected chi connectivity index (χ1v) is 9.67. The van der Waals surface area contributed by atoms with Crippen LogP contribution in [0.2, 0.25) is 0 Å². The summed E-state index contributed by atoms with van der Waals surface area (Å²) in [5, 5.41) is 3.00. The van der Waals surface area contributed by atoms with E-state index >= 15 is 0 Å². The molecule has 0 saturated carbocycles. The van der Waals surface area contributed by atoms with E-state index in [0.717, 1.165) is 47.5 Å². The lowest BCUT2D eigenvalue weighted by atomic mass is 9.99. The van der Waals surface area contributed by atoms with Crippen molar-refractivity contribution < 1.29 is 9.59 Å². The summed E-state index contributed by atoms with van der Waals surface area (Å²) >= 11 is 0. The highest BCUT2D eigenvalue weighted by atomic mass is 16.2. The predicted molar refractivity (Wildman–Crippen MR) is 110 cm³/mol. The molecule has 4 nitrogen and oxygen atoms in total. The van der Waals surface area contributed by atoms with Crippen molar-refractivity contribution in [2.24, 2.45) is 5.92 Å². The molecule has 0 bridgehead atoms. The lowest BCUT2D eigenvalue weighted by molar-refractivity contribution is -0.118. The van der Waals surface area contributed by atoms with Crippen LogP contribution < -0.4 is 10.2 Å². The summed E-state index contributed by atoms with van der Waals surface area (Å²) in [7, 11) is 0. The van der Waals surface area contributed by atoms with E-state index in [1.54, 1.807) is 0 Å². The van der Waals surface area contributed by atoms with Gasteiger partial charge in [0.1, 0.15) is 0 Å². The molecule has 0 saturated heterocycles. The maximum absolute atomic E-state index is 12.6. The molecule has 3 rings (SSSR count). The molecule has 1 N–H and O–H groups in total. The summed E-state index contributed by atoms with van der Waals surface area (Å²) in [6, 6.07) is 11.7. The summed E-state index contributed by atoms with van der Waals surface area (Å²) in [6.07, 6.45) is 2.23. The third kappa shape index (κ3) is 4.38. The highest BCUT2D eigenvalue weighted by Gasteiger charge is 2.24. The molecule has 0 atom stereocenters. The number of nitrogens with zero attached hydrogens (tertiary/aromatic N) is 1. The van der Waals surface area contributed by atoms with E-state index in [1.807, 2.05) is 55.1 Å². The van der Waals surface area contributed by atoms with E-state index in [4.69, 9.17) is 0 Å². The van der Waals surface area contributed by atoms with Crippen molar-refractivity contribution in [1.29, 1.82) is 0 Å². The van der Waals surface area contributed by atoms with Crippen LogP contribution in [-0.4, -0.2) is 18.4 Å². The zero-order valence-corrected chi connectivity index (χ0v) is 16.6. The summed E-state index contributed by atoms with van der Waals surface area (Å²) in [5.41, 5.74) is 5.68. The fourth-order valence-electron chi connectivity index (χ4n) is 3.54. The van der Waals surface area contributed by atoms with Crippen molar-refractivity contribution in [2.75, 3.05) is 16.8 Å². The molecule has 0 fully saturated rings. The van der Waals surface area contributed by atoms with Gasteiger partial charge in [0.25, 0.3) is 5.91 Å². The van der Waals surface area contributed by atoms with Crippen molar-refractivity contribution in [1.82, 2.24) is 0 Å². The van der Waals surface area contributed by atoms with Crippen LogP contribution in [0.1, 0.15) is 53.7 Å². The third-order valence-corrected chi connectivity index (χ3v) is 5.09. The Labute approximate surface area is 161 Å². The fraction of sp³-hybridized carbons (Fsp3) is 0.391. The van der Waals surface area contributed by atoms with Gasteiger partial charge in [0.2, 0.25) is 5.91 Å². The zero-order valence-electron chi connectivity index (χ0n) is 16.6. The predicted octanol–water partition coefficient (Wildman–Crippen LogP) is 4.88. The van der Waals surface area contributed by atoms with Crippen LogP contribution in [0.5, 0.6) is 0 Å². The first kappa shape index (κ1) is 19.2. The number of benzene rings is 2. The van der Waals surface area contributed by atoms with Gasteiger partial charge >= 0.3 is 0 Å². The molecule has 4 heteroatoms. The highest BCUT2D eigenvalue weighted by molar-refractivity contribution is 6.05. The van der Waals surface area contributed by atoms with Gasteiger partial charge in [-0.3, -0.25) is 9.59 Å². The van der Waals surface area contributed by atoms with E-state index in [0.29, 0.717) is 17.9 Å². The number of amides is 2. The van der Waals surface area contributed by atoms with E-state index < -0.39 is 0 Å². The molecule has 0 aliphatic carbocycles. The number of aryl methyl sites for hydroxylation is 3. The van der Waals surface area contributed by atoms with Crippen molar-refractivity contribution in [2.45, 2.75) is 47.0 Å². The maximum atomic E-state index is 12.6. The summed E-state index contributed by atoms with van der Waals surface area (Å²) in [4.78, 5) is 26.9. The van der Waals surface area contributed by atoms with Crippen LogP contribution in [0.3, 0.4) is 0 Å². The molecule has 0 unspecified atom stereocenters. The van der Waals surface area contributed by atoms with Gasteiger partial charge in [-0.25, -0.2) is 0 Å². The Balaban J connectivity index is 1.79. The first-order valence-electron chi connectivity index (χ1n) is 9.67. The van der Waals surface area contributed by atoms with Crippen molar-refractivity contribution >= 4 is 23.2 Å². The number of anilines is 2. The van der Waals surface area contributed by atoms with Gasteiger partial charge in [0.15, 0.2) is 0 Å². The Bertz CT molecular complexity index is 871. The standard InChI is InChI=1S/C23H28N2O2/c1-15(2)11-12-25-21-9-7-19(14-18(21)6-10-22(25)26)24-23(27)20-8-5-16(3)13-17(20)4/h5,7-9,13-15H,6,10-12H2,1-4H3,(H,24,27). The van der Waals surface area contributed by atoms with Crippen molar-refractivity contribution in [3.63, 3.8) is 0 Å². The van der Waals surface area contributed by atoms with Crippen molar-refractivity contribution in [3.05, 3.63) is 58.7 Å². The van der Waals surface area contributed by atoms with Crippen molar-refractivity contribution in [3.8, 4) is 0 Å². The zero-order chi connectivity index (χ0) is 19.6. The normalized spacial score (nSPS) is 13.7. The molecule has 2 aromatic carbocycles. The Hall–Kier alpha value is -2.62. The minimum Gasteiger partial charge on any atom is -0.322 e. The second kappa shape index (κ2) is 7.95. The van der Waals surface area contributed by atoms with Crippen LogP contribution in [0.25, 0.3) is 0 Å². The van der Waals surface area contributed by atoms with E-state index in [2.05, 4.69) is 19.2 Å². The van der Waals surface area contributed by atoms with Crippen LogP contribution in [0.15, 0.2) is 36.4 Å². The molecule has 1 heterocycles. The number of hydrogen-bond acceptors (Lipinski definition) is 2. The van der Waals surface area contributed by atoms with E-state index in [1.165, 1.54) is 0 Å². The number of carbonyl (C=O) groups is 2. The number of rotatable bonds is 5. The Kier molecular flexibility index (Phi) is 5.64. The molecular formula is C23H28N2O2. The molecule has 0 radical (unpaired) electrons. The number of hydrogen-bond donors (Lipinski definition) is 1. The Morgan fingerprint density at radius 3 is 2.59 bits per heavy atom.